The molecule has 3 rings (SSSR count). The molecule has 1 saturated heterocycles. The van der Waals surface area contributed by atoms with E-state index in [4.69, 9.17) is 0 Å². The van der Waals surface area contributed by atoms with Crippen LogP contribution >= 0.6 is 0 Å². The summed E-state index contributed by atoms with van der Waals surface area (Å²) in [6, 6.07) is 13.6. The number of carbonyl (C=O) groups is 2. The first-order valence-electron chi connectivity index (χ1n) is 9.30. The molecule has 0 bridgehead atoms. The van der Waals surface area contributed by atoms with Crippen molar-refractivity contribution < 1.29 is 9.59 Å². The number of amides is 2. The van der Waals surface area contributed by atoms with Crippen LogP contribution < -0.4 is 4.90 Å². The molecule has 0 radical (unpaired) electrons. The number of benzene rings is 2. The van der Waals surface area contributed by atoms with E-state index < -0.39 is 0 Å². The van der Waals surface area contributed by atoms with E-state index in [1.165, 1.54) is 0 Å². The third-order valence-electron chi connectivity index (χ3n) is 5.09. The Morgan fingerprint density at radius 1 is 0.852 bits per heavy atom. The van der Waals surface area contributed by atoms with Crippen LogP contribution in [-0.2, 0) is 0 Å². The van der Waals surface area contributed by atoms with Gasteiger partial charge in [0.15, 0.2) is 0 Å². The highest BCUT2D eigenvalue weighted by Crippen LogP contribution is 2.18. The second-order valence-corrected chi connectivity index (χ2v) is 7.35. The largest absolute Gasteiger partial charge is 0.378 e. The Labute approximate surface area is 161 Å². The van der Waals surface area contributed by atoms with Gasteiger partial charge in [0.2, 0.25) is 0 Å². The van der Waals surface area contributed by atoms with Crippen molar-refractivity contribution in [2.75, 3.05) is 45.2 Å². The summed E-state index contributed by atoms with van der Waals surface area (Å²) in [6.07, 6.45) is 0. The smallest absolute Gasteiger partial charge is 0.254 e. The first kappa shape index (κ1) is 19.0. The number of nitrogens with zero attached hydrogens (tertiary/aromatic N) is 3. The fraction of sp³-hybridized carbons (Fsp3) is 0.364. The molecule has 0 aliphatic carbocycles. The van der Waals surface area contributed by atoms with Crippen LogP contribution in [0.1, 0.15) is 31.8 Å². The zero-order valence-corrected chi connectivity index (χ0v) is 16.5. The summed E-state index contributed by atoms with van der Waals surface area (Å²) in [7, 11) is 3.92. The summed E-state index contributed by atoms with van der Waals surface area (Å²) in [5.74, 6) is 0.0791. The maximum atomic E-state index is 12.9. The van der Waals surface area contributed by atoms with Crippen LogP contribution in [0.2, 0.25) is 0 Å². The van der Waals surface area contributed by atoms with E-state index in [0.29, 0.717) is 31.7 Å². The van der Waals surface area contributed by atoms with Crippen molar-refractivity contribution in [3.8, 4) is 0 Å². The molecule has 1 fully saturated rings. The predicted molar refractivity (Wildman–Crippen MR) is 108 cm³/mol. The van der Waals surface area contributed by atoms with Gasteiger partial charge in [-0.15, -0.1) is 0 Å². The highest BCUT2D eigenvalue weighted by Gasteiger charge is 2.26. The van der Waals surface area contributed by atoms with Crippen LogP contribution in [0.25, 0.3) is 0 Å². The molecule has 0 aromatic heterocycles. The van der Waals surface area contributed by atoms with E-state index in [2.05, 4.69) is 0 Å². The average Bonchev–Trinajstić information content (AvgIpc) is 2.69. The highest BCUT2D eigenvalue weighted by molar-refractivity contribution is 5.97. The number of rotatable bonds is 3. The molecule has 0 N–H and O–H groups in total. The first-order chi connectivity index (χ1) is 12.9. The number of aryl methyl sites for hydroxylation is 2. The van der Waals surface area contributed by atoms with Crippen LogP contribution in [0.3, 0.4) is 0 Å². The summed E-state index contributed by atoms with van der Waals surface area (Å²) in [5.41, 5.74) is 4.52. The number of carbonyl (C=O) groups excluding carboxylic acids is 2. The summed E-state index contributed by atoms with van der Waals surface area (Å²) in [6.45, 7) is 6.19. The van der Waals surface area contributed by atoms with Gasteiger partial charge in [0.25, 0.3) is 11.8 Å². The van der Waals surface area contributed by atoms with Crippen molar-refractivity contribution in [3.63, 3.8) is 0 Å². The predicted octanol–water partition coefficient (Wildman–Crippen LogP) is 2.97. The lowest BCUT2D eigenvalue weighted by Crippen LogP contribution is -2.50. The van der Waals surface area contributed by atoms with E-state index in [-0.39, 0.29) is 11.8 Å². The standard InChI is InChI=1S/C22H27N3O2/c1-16-8-9-17(2)20(14-16)22(27)25-12-10-24(11-13-25)21(26)18-6-5-7-19(15-18)23(3)4/h5-9,14-15H,10-13H2,1-4H3. The fourth-order valence-electron chi connectivity index (χ4n) is 3.35. The average molecular weight is 365 g/mol. The topological polar surface area (TPSA) is 43.9 Å². The van der Waals surface area contributed by atoms with Gasteiger partial charge in [0.1, 0.15) is 0 Å². The van der Waals surface area contributed by atoms with Gasteiger partial charge in [-0.25, -0.2) is 0 Å². The Balaban J connectivity index is 1.66. The minimum Gasteiger partial charge on any atom is -0.378 e. The highest BCUT2D eigenvalue weighted by atomic mass is 16.2. The lowest BCUT2D eigenvalue weighted by Gasteiger charge is -2.35. The van der Waals surface area contributed by atoms with Gasteiger partial charge in [0.05, 0.1) is 0 Å². The van der Waals surface area contributed by atoms with Gasteiger partial charge in [-0.2, -0.15) is 0 Å². The number of piperazine rings is 1. The molecule has 1 aliphatic rings. The second-order valence-electron chi connectivity index (χ2n) is 7.35. The molecule has 0 saturated carbocycles. The van der Waals surface area contributed by atoms with Crippen LogP contribution in [0.4, 0.5) is 5.69 Å². The first-order valence-corrected chi connectivity index (χ1v) is 9.30. The van der Waals surface area contributed by atoms with E-state index in [1.807, 2.05) is 85.1 Å². The number of hydrogen-bond donors (Lipinski definition) is 0. The Kier molecular flexibility index (Phi) is 5.49. The van der Waals surface area contributed by atoms with E-state index >= 15 is 0 Å². The van der Waals surface area contributed by atoms with E-state index in [0.717, 1.165) is 22.4 Å². The van der Waals surface area contributed by atoms with E-state index in [9.17, 15) is 9.59 Å². The summed E-state index contributed by atoms with van der Waals surface area (Å²) in [4.78, 5) is 31.3. The Bertz CT molecular complexity index is 852. The third kappa shape index (κ3) is 4.13. The summed E-state index contributed by atoms with van der Waals surface area (Å²) in [5, 5.41) is 0. The SMILES string of the molecule is Cc1ccc(C)c(C(=O)N2CCN(C(=O)c3cccc(N(C)C)c3)CC2)c1. The molecule has 1 aliphatic heterocycles. The van der Waals surface area contributed by atoms with Crippen LogP contribution in [0.15, 0.2) is 42.5 Å². The van der Waals surface area contributed by atoms with E-state index in [1.54, 1.807) is 0 Å². The lowest BCUT2D eigenvalue weighted by molar-refractivity contribution is 0.0535. The zero-order valence-electron chi connectivity index (χ0n) is 16.5. The molecule has 1 heterocycles. The molecule has 27 heavy (non-hydrogen) atoms. The van der Waals surface area contributed by atoms with Crippen molar-refractivity contribution in [2.24, 2.45) is 0 Å². The van der Waals surface area contributed by atoms with Crippen LogP contribution in [0.5, 0.6) is 0 Å². The molecule has 0 unspecified atom stereocenters. The number of anilines is 1. The maximum absolute atomic E-state index is 12.9. The van der Waals surface area contributed by atoms with Gasteiger partial charge >= 0.3 is 0 Å². The molecule has 5 nitrogen and oxygen atoms in total. The van der Waals surface area contributed by atoms with Gasteiger partial charge in [0, 0.05) is 57.1 Å². The molecule has 5 heteroatoms. The van der Waals surface area contributed by atoms with Gasteiger partial charge in [-0.3, -0.25) is 9.59 Å². The molecule has 0 atom stereocenters. The van der Waals surface area contributed by atoms with Gasteiger partial charge in [-0.05, 0) is 43.7 Å². The second kappa shape index (κ2) is 7.82. The van der Waals surface area contributed by atoms with Crippen molar-refractivity contribution in [1.29, 1.82) is 0 Å². The molecule has 2 amide bonds. The molecule has 2 aromatic rings. The number of hydrogen-bond acceptors (Lipinski definition) is 3. The van der Waals surface area contributed by atoms with Crippen molar-refractivity contribution in [3.05, 3.63) is 64.7 Å². The van der Waals surface area contributed by atoms with Gasteiger partial charge in [-0.1, -0.05) is 23.8 Å². The molecule has 142 valence electrons. The lowest BCUT2D eigenvalue weighted by atomic mass is 10.0. The Morgan fingerprint density at radius 2 is 1.48 bits per heavy atom. The van der Waals surface area contributed by atoms with Crippen molar-refractivity contribution in [1.82, 2.24) is 9.80 Å². The zero-order chi connectivity index (χ0) is 19.6. The molecule has 0 spiro atoms. The Morgan fingerprint density at radius 3 is 2.11 bits per heavy atom. The summed E-state index contributed by atoms with van der Waals surface area (Å²) < 4.78 is 0. The quantitative estimate of drug-likeness (QED) is 0.840. The minimum absolute atomic E-state index is 0.0255. The molecule has 2 aromatic carbocycles. The Hall–Kier alpha value is -2.82. The summed E-state index contributed by atoms with van der Waals surface area (Å²) >= 11 is 0. The van der Waals surface area contributed by atoms with Crippen LogP contribution in [0, 0.1) is 13.8 Å². The minimum atomic E-state index is 0.0255. The van der Waals surface area contributed by atoms with Crippen LogP contribution in [-0.4, -0.2) is 61.9 Å². The monoisotopic (exact) mass is 365 g/mol. The maximum Gasteiger partial charge on any atom is 0.254 e. The fourth-order valence-corrected chi connectivity index (χ4v) is 3.35. The van der Waals surface area contributed by atoms with Crippen molar-refractivity contribution in [2.45, 2.75) is 13.8 Å². The normalized spacial score (nSPS) is 14.2. The molecular weight excluding hydrogens is 338 g/mol. The van der Waals surface area contributed by atoms with Gasteiger partial charge < -0.3 is 14.7 Å². The molecular formula is C22H27N3O2. The van der Waals surface area contributed by atoms with Crippen molar-refractivity contribution >= 4 is 17.5 Å². The third-order valence-corrected chi connectivity index (χ3v) is 5.09.